The smallest absolute Gasteiger partial charge is 0.329 e. The first-order valence-corrected chi connectivity index (χ1v) is 11.7. The third kappa shape index (κ3) is 5.65. The summed E-state index contributed by atoms with van der Waals surface area (Å²) in [5.74, 6) is 0.0646. The molecule has 0 amide bonds. The number of hydrogen-bond acceptors (Lipinski definition) is 4. The van der Waals surface area contributed by atoms with E-state index in [0.29, 0.717) is 29.8 Å². The van der Waals surface area contributed by atoms with Crippen molar-refractivity contribution in [1.29, 1.82) is 0 Å². The maximum Gasteiger partial charge on any atom is 0.329 e. The Labute approximate surface area is 199 Å². The minimum absolute atomic E-state index is 0.234. The Bertz CT molecular complexity index is 1120. The number of aromatic nitrogens is 2. The highest BCUT2D eigenvalue weighted by Gasteiger charge is 2.25. The van der Waals surface area contributed by atoms with E-state index >= 15 is 0 Å². The summed E-state index contributed by atoms with van der Waals surface area (Å²) in [6, 6.07) is 14.8. The van der Waals surface area contributed by atoms with Gasteiger partial charge < -0.3 is 14.6 Å². The molecule has 0 unspecified atom stereocenters. The van der Waals surface area contributed by atoms with Gasteiger partial charge in [-0.25, -0.2) is 9.18 Å². The summed E-state index contributed by atoms with van der Waals surface area (Å²) in [5.41, 5.74) is 4.54. The van der Waals surface area contributed by atoms with Crippen molar-refractivity contribution in [1.82, 2.24) is 9.78 Å². The molecule has 1 aliphatic carbocycles. The van der Waals surface area contributed by atoms with E-state index in [1.165, 1.54) is 19.2 Å². The van der Waals surface area contributed by atoms with Crippen LogP contribution in [0.1, 0.15) is 31.4 Å². The summed E-state index contributed by atoms with van der Waals surface area (Å²) in [4.78, 5) is 10.7. The average molecular weight is 467 g/mol. The first kappa shape index (κ1) is 24.0. The number of carboxylic acids is 1. The van der Waals surface area contributed by atoms with Gasteiger partial charge in [-0.1, -0.05) is 30.3 Å². The molecule has 34 heavy (non-hydrogen) atoms. The zero-order chi connectivity index (χ0) is 24.1. The quantitative estimate of drug-likeness (QED) is 0.446. The molecule has 1 N–H and O–H groups in total. The first-order chi connectivity index (χ1) is 16.4. The van der Waals surface area contributed by atoms with Crippen LogP contribution in [-0.4, -0.2) is 41.2 Å². The maximum absolute atomic E-state index is 14.3. The van der Waals surface area contributed by atoms with E-state index < -0.39 is 5.97 Å². The zero-order valence-electron chi connectivity index (χ0n) is 19.7. The fourth-order valence-corrected chi connectivity index (χ4v) is 4.83. The lowest BCUT2D eigenvalue weighted by molar-refractivity contribution is -0.142. The molecule has 1 aromatic heterocycles. The lowest BCUT2D eigenvalue weighted by Crippen LogP contribution is -2.23. The van der Waals surface area contributed by atoms with Crippen LogP contribution in [0.15, 0.2) is 48.5 Å². The highest BCUT2D eigenvalue weighted by Crippen LogP contribution is 2.37. The van der Waals surface area contributed by atoms with Crippen molar-refractivity contribution < 1.29 is 23.8 Å². The van der Waals surface area contributed by atoms with E-state index in [9.17, 15) is 9.18 Å². The van der Waals surface area contributed by atoms with Gasteiger partial charge in [0.2, 0.25) is 0 Å². The molecule has 1 aliphatic rings. The van der Waals surface area contributed by atoms with E-state index in [-0.39, 0.29) is 12.4 Å². The number of nitrogens with zero attached hydrogens (tertiary/aromatic N) is 2. The standard InChI is InChI=1S/C27H31FN2O4/c1-18-26(21-6-4-3-5-7-21)27(22-12-23(28)14-24(13-22)33-2)29-30(18)15-19-8-10-20(11-9-19)16-34-17-25(31)32/h3-7,12-14,19-20H,8-11,15-17H2,1-2H3,(H,31,32)/t19-,20-. The van der Waals surface area contributed by atoms with Crippen LogP contribution in [0.3, 0.4) is 0 Å². The lowest BCUT2D eigenvalue weighted by Gasteiger charge is -2.28. The van der Waals surface area contributed by atoms with Gasteiger partial charge in [-0.3, -0.25) is 4.68 Å². The van der Waals surface area contributed by atoms with E-state index in [4.69, 9.17) is 19.7 Å². The second-order valence-corrected chi connectivity index (χ2v) is 9.03. The van der Waals surface area contributed by atoms with Crippen LogP contribution in [0.2, 0.25) is 0 Å². The number of halogens is 1. The normalized spacial score (nSPS) is 18.1. The summed E-state index contributed by atoms with van der Waals surface area (Å²) in [7, 11) is 1.53. The van der Waals surface area contributed by atoms with Crippen LogP contribution < -0.4 is 4.74 Å². The van der Waals surface area contributed by atoms with Crippen LogP contribution in [0, 0.1) is 24.6 Å². The predicted octanol–water partition coefficient (Wildman–Crippen LogP) is 5.58. The van der Waals surface area contributed by atoms with Crippen molar-refractivity contribution in [3.05, 3.63) is 60.0 Å². The topological polar surface area (TPSA) is 73.6 Å². The fraction of sp³-hybridized carbons (Fsp3) is 0.407. The first-order valence-electron chi connectivity index (χ1n) is 11.7. The van der Waals surface area contributed by atoms with Crippen molar-refractivity contribution in [2.75, 3.05) is 20.3 Å². The minimum atomic E-state index is -0.927. The summed E-state index contributed by atoms with van der Waals surface area (Å²) in [5, 5.41) is 13.7. The predicted molar refractivity (Wildman–Crippen MR) is 128 cm³/mol. The van der Waals surface area contributed by atoms with Crippen LogP contribution in [0.5, 0.6) is 5.75 Å². The number of carbonyl (C=O) groups is 1. The number of ether oxygens (including phenoxy) is 2. The van der Waals surface area contributed by atoms with Gasteiger partial charge in [0.15, 0.2) is 0 Å². The van der Waals surface area contributed by atoms with Gasteiger partial charge in [-0.2, -0.15) is 5.10 Å². The van der Waals surface area contributed by atoms with Crippen LogP contribution in [0.25, 0.3) is 22.4 Å². The van der Waals surface area contributed by atoms with Gasteiger partial charge in [0.1, 0.15) is 23.9 Å². The Kier molecular flexibility index (Phi) is 7.63. The molecule has 0 spiro atoms. The number of benzene rings is 2. The summed E-state index contributed by atoms with van der Waals surface area (Å²) in [6.07, 6.45) is 4.13. The molecule has 2 aromatic carbocycles. The number of carboxylic acid groups (broad SMARTS) is 1. The van der Waals surface area contributed by atoms with Crippen LogP contribution in [0.4, 0.5) is 4.39 Å². The van der Waals surface area contributed by atoms with E-state index in [1.54, 1.807) is 0 Å². The van der Waals surface area contributed by atoms with Gasteiger partial charge in [-0.15, -0.1) is 0 Å². The summed E-state index contributed by atoms with van der Waals surface area (Å²) >= 11 is 0. The Balaban J connectivity index is 1.56. The zero-order valence-corrected chi connectivity index (χ0v) is 19.7. The van der Waals surface area contributed by atoms with E-state index in [2.05, 4.69) is 23.7 Å². The molecule has 6 nitrogen and oxygen atoms in total. The highest BCUT2D eigenvalue weighted by atomic mass is 19.1. The van der Waals surface area contributed by atoms with Gasteiger partial charge in [0.25, 0.3) is 0 Å². The molecule has 0 radical (unpaired) electrons. The van der Waals surface area contributed by atoms with Gasteiger partial charge in [0, 0.05) is 29.4 Å². The molecule has 180 valence electrons. The molecule has 7 heteroatoms. The number of rotatable bonds is 9. The maximum atomic E-state index is 14.3. The molecular weight excluding hydrogens is 435 g/mol. The average Bonchev–Trinajstić information content (AvgIpc) is 3.16. The molecule has 1 fully saturated rings. The fourth-order valence-electron chi connectivity index (χ4n) is 4.83. The molecule has 0 aliphatic heterocycles. The Hall–Kier alpha value is -3.19. The lowest BCUT2D eigenvalue weighted by atomic mass is 9.82. The second-order valence-electron chi connectivity index (χ2n) is 9.03. The van der Waals surface area contributed by atoms with Gasteiger partial charge in [-0.05, 0) is 62.1 Å². The van der Waals surface area contributed by atoms with Crippen LogP contribution in [-0.2, 0) is 16.1 Å². The third-order valence-electron chi connectivity index (χ3n) is 6.63. The Morgan fingerprint density at radius 1 is 1.09 bits per heavy atom. The minimum Gasteiger partial charge on any atom is -0.497 e. The van der Waals surface area contributed by atoms with Crippen molar-refractivity contribution in [3.63, 3.8) is 0 Å². The van der Waals surface area contributed by atoms with E-state index in [1.807, 2.05) is 24.3 Å². The number of hydrogen-bond donors (Lipinski definition) is 1. The van der Waals surface area contributed by atoms with Gasteiger partial charge >= 0.3 is 5.97 Å². The molecule has 0 bridgehead atoms. The largest absolute Gasteiger partial charge is 0.497 e. The molecule has 0 atom stereocenters. The summed E-state index contributed by atoms with van der Waals surface area (Å²) < 4.78 is 27.0. The monoisotopic (exact) mass is 466 g/mol. The van der Waals surface area contributed by atoms with Crippen molar-refractivity contribution in [3.8, 4) is 28.1 Å². The van der Waals surface area contributed by atoms with Crippen molar-refractivity contribution in [2.24, 2.45) is 11.8 Å². The molecule has 1 saturated carbocycles. The van der Waals surface area contributed by atoms with Gasteiger partial charge in [0.05, 0.1) is 13.7 Å². The summed E-state index contributed by atoms with van der Waals surface area (Å²) in [6.45, 7) is 3.13. The Morgan fingerprint density at radius 3 is 2.47 bits per heavy atom. The molecule has 0 saturated heterocycles. The highest BCUT2D eigenvalue weighted by molar-refractivity contribution is 5.83. The molecular formula is C27H31FN2O4. The number of aliphatic carboxylic acids is 1. The molecule has 3 aromatic rings. The third-order valence-corrected chi connectivity index (χ3v) is 6.63. The second kappa shape index (κ2) is 10.8. The van der Waals surface area contributed by atoms with Crippen molar-refractivity contribution in [2.45, 2.75) is 39.2 Å². The molecule has 4 rings (SSSR count). The van der Waals surface area contributed by atoms with Crippen LogP contribution >= 0.6 is 0 Å². The SMILES string of the molecule is COc1cc(F)cc(-c2nn(C[C@H]3CC[C@H](COCC(=O)O)CC3)c(C)c2-c2ccccc2)c1. The molecule has 1 heterocycles. The van der Waals surface area contributed by atoms with Crippen molar-refractivity contribution >= 4 is 5.97 Å². The van der Waals surface area contributed by atoms with E-state index in [0.717, 1.165) is 54.7 Å². The Morgan fingerprint density at radius 2 is 1.79 bits per heavy atom. The number of methoxy groups -OCH3 is 1.